The Labute approximate surface area is 105 Å². The van der Waals surface area contributed by atoms with E-state index in [4.69, 9.17) is 16.3 Å². The van der Waals surface area contributed by atoms with Crippen LogP contribution in [0.5, 0.6) is 5.88 Å². The summed E-state index contributed by atoms with van der Waals surface area (Å²) in [7, 11) is 0. The molecule has 0 amide bonds. The molecule has 17 heavy (non-hydrogen) atoms. The lowest BCUT2D eigenvalue weighted by Gasteiger charge is -2.05. The molecule has 2 aromatic rings. The Balaban J connectivity index is 2.35. The van der Waals surface area contributed by atoms with Gasteiger partial charge in [-0.05, 0) is 0 Å². The minimum atomic E-state index is 0.359. The molecule has 0 spiro atoms. The van der Waals surface area contributed by atoms with Crippen molar-refractivity contribution in [1.29, 1.82) is 0 Å². The Morgan fingerprint density at radius 2 is 2.00 bits per heavy atom. The van der Waals surface area contributed by atoms with Gasteiger partial charge in [0.2, 0.25) is 5.88 Å². The summed E-state index contributed by atoms with van der Waals surface area (Å²) in [6.45, 7) is 3.97. The van der Waals surface area contributed by atoms with Gasteiger partial charge in [-0.25, -0.2) is 4.98 Å². The number of ether oxygens (including phenoxy) is 1. The molecule has 0 aliphatic heterocycles. The van der Waals surface area contributed by atoms with Crippen molar-refractivity contribution >= 4 is 11.6 Å². The molecule has 1 aromatic carbocycles. The Morgan fingerprint density at radius 1 is 1.24 bits per heavy atom. The van der Waals surface area contributed by atoms with Gasteiger partial charge in [-0.1, -0.05) is 54.6 Å². The van der Waals surface area contributed by atoms with E-state index in [0.29, 0.717) is 23.5 Å². The zero-order valence-corrected chi connectivity index (χ0v) is 9.89. The van der Waals surface area contributed by atoms with E-state index in [1.54, 1.807) is 12.1 Å². The molecule has 0 saturated carbocycles. The van der Waals surface area contributed by atoms with Crippen molar-refractivity contribution in [1.82, 2.24) is 9.97 Å². The summed E-state index contributed by atoms with van der Waals surface area (Å²) >= 11 is 5.92. The summed E-state index contributed by atoms with van der Waals surface area (Å²) in [5.41, 5.74) is 0.901. The quantitative estimate of drug-likeness (QED) is 0.613. The highest BCUT2D eigenvalue weighted by molar-refractivity contribution is 6.29. The molecular formula is C13H11ClN2O. The topological polar surface area (TPSA) is 35.0 Å². The van der Waals surface area contributed by atoms with Gasteiger partial charge in [0.25, 0.3) is 0 Å². The minimum absolute atomic E-state index is 0.359. The van der Waals surface area contributed by atoms with Crippen LogP contribution in [0.3, 0.4) is 0 Å². The molecule has 1 heterocycles. The fourth-order valence-electron chi connectivity index (χ4n) is 1.33. The van der Waals surface area contributed by atoms with Crippen LogP contribution in [0.25, 0.3) is 11.4 Å². The van der Waals surface area contributed by atoms with E-state index in [1.165, 1.54) is 0 Å². The lowest BCUT2D eigenvalue weighted by Crippen LogP contribution is -1.98. The maximum Gasteiger partial charge on any atom is 0.218 e. The van der Waals surface area contributed by atoms with Gasteiger partial charge >= 0.3 is 0 Å². The van der Waals surface area contributed by atoms with Crippen LogP contribution in [-0.2, 0) is 0 Å². The second-order valence-corrected chi connectivity index (χ2v) is 3.71. The summed E-state index contributed by atoms with van der Waals surface area (Å²) in [5.74, 6) is 1.00. The van der Waals surface area contributed by atoms with E-state index in [0.717, 1.165) is 5.56 Å². The fraction of sp³-hybridized carbons (Fsp3) is 0.0769. The molecule has 3 nitrogen and oxygen atoms in total. The van der Waals surface area contributed by atoms with Gasteiger partial charge in [-0.3, -0.25) is 0 Å². The molecule has 2 rings (SSSR count). The zero-order valence-electron chi connectivity index (χ0n) is 9.14. The van der Waals surface area contributed by atoms with Crippen LogP contribution in [0.4, 0.5) is 0 Å². The van der Waals surface area contributed by atoms with E-state index in [9.17, 15) is 0 Å². The average molecular weight is 247 g/mol. The molecule has 0 saturated heterocycles. The van der Waals surface area contributed by atoms with E-state index in [1.807, 2.05) is 30.3 Å². The molecule has 1 aromatic heterocycles. The van der Waals surface area contributed by atoms with Gasteiger partial charge in [0.05, 0.1) is 0 Å². The van der Waals surface area contributed by atoms with Crippen LogP contribution in [-0.4, -0.2) is 16.6 Å². The highest BCUT2D eigenvalue weighted by Crippen LogP contribution is 2.21. The standard InChI is InChI=1S/C13H11ClN2O/c1-2-8-17-12-9-11(14)15-13(16-12)10-6-4-3-5-7-10/h2-7,9H,1,8H2. The number of aromatic nitrogens is 2. The number of rotatable bonds is 4. The van der Waals surface area contributed by atoms with Crippen molar-refractivity contribution in [3.63, 3.8) is 0 Å². The Hall–Kier alpha value is -1.87. The normalized spacial score (nSPS) is 9.94. The summed E-state index contributed by atoms with van der Waals surface area (Å²) < 4.78 is 5.34. The predicted octanol–water partition coefficient (Wildman–Crippen LogP) is 3.36. The molecular weight excluding hydrogens is 236 g/mol. The number of halogens is 1. The van der Waals surface area contributed by atoms with Crippen LogP contribution in [0, 0.1) is 0 Å². The van der Waals surface area contributed by atoms with Gasteiger partial charge < -0.3 is 4.74 Å². The highest BCUT2D eigenvalue weighted by atomic mass is 35.5. The summed E-state index contributed by atoms with van der Waals surface area (Å²) in [6, 6.07) is 11.2. The smallest absolute Gasteiger partial charge is 0.218 e. The Morgan fingerprint density at radius 3 is 2.71 bits per heavy atom. The van der Waals surface area contributed by atoms with Crippen LogP contribution in [0.2, 0.25) is 5.15 Å². The molecule has 0 radical (unpaired) electrons. The van der Waals surface area contributed by atoms with Crippen molar-refractivity contribution < 1.29 is 4.74 Å². The molecule has 0 N–H and O–H groups in total. The SMILES string of the molecule is C=CCOc1cc(Cl)nc(-c2ccccc2)n1. The second-order valence-electron chi connectivity index (χ2n) is 3.32. The first-order chi connectivity index (χ1) is 8.29. The highest BCUT2D eigenvalue weighted by Gasteiger charge is 2.05. The summed E-state index contributed by atoms with van der Waals surface area (Å²) in [4.78, 5) is 8.44. The fourth-order valence-corrected chi connectivity index (χ4v) is 1.50. The summed E-state index contributed by atoms with van der Waals surface area (Å²) in [5, 5.41) is 0.359. The maximum atomic E-state index is 5.92. The van der Waals surface area contributed by atoms with Crippen LogP contribution < -0.4 is 4.74 Å². The van der Waals surface area contributed by atoms with Crippen LogP contribution >= 0.6 is 11.6 Å². The van der Waals surface area contributed by atoms with Crippen LogP contribution in [0.1, 0.15) is 0 Å². The first-order valence-corrected chi connectivity index (χ1v) is 5.51. The second kappa shape index (κ2) is 5.46. The lowest BCUT2D eigenvalue weighted by molar-refractivity contribution is 0.348. The van der Waals surface area contributed by atoms with Crippen molar-refractivity contribution in [3.8, 4) is 17.3 Å². The first kappa shape index (κ1) is 11.6. The average Bonchev–Trinajstić information content (AvgIpc) is 2.37. The van der Waals surface area contributed by atoms with Crippen molar-refractivity contribution in [3.05, 3.63) is 54.2 Å². The monoisotopic (exact) mass is 246 g/mol. The van der Waals surface area contributed by atoms with E-state index < -0.39 is 0 Å². The third-order valence-electron chi connectivity index (χ3n) is 2.05. The van der Waals surface area contributed by atoms with Gasteiger partial charge in [0.15, 0.2) is 5.82 Å². The molecule has 0 unspecified atom stereocenters. The minimum Gasteiger partial charge on any atom is -0.473 e. The largest absolute Gasteiger partial charge is 0.473 e. The molecule has 0 aliphatic carbocycles. The lowest BCUT2D eigenvalue weighted by atomic mass is 10.2. The van der Waals surface area contributed by atoms with Crippen molar-refractivity contribution in [2.75, 3.05) is 6.61 Å². The number of hydrogen-bond donors (Lipinski definition) is 0. The van der Waals surface area contributed by atoms with Gasteiger partial charge in [-0.2, -0.15) is 4.98 Å². The molecule has 0 atom stereocenters. The molecule has 0 aliphatic rings. The van der Waals surface area contributed by atoms with Gasteiger partial charge in [-0.15, -0.1) is 0 Å². The Bertz CT molecular complexity index is 514. The van der Waals surface area contributed by atoms with Crippen molar-refractivity contribution in [2.45, 2.75) is 0 Å². The third-order valence-corrected chi connectivity index (χ3v) is 2.25. The van der Waals surface area contributed by atoms with E-state index in [-0.39, 0.29) is 0 Å². The maximum absolute atomic E-state index is 5.92. The molecule has 0 fully saturated rings. The first-order valence-electron chi connectivity index (χ1n) is 5.13. The van der Waals surface area contributed by atoms with Crippen LogP contribution in [0.15, 0.2) is 49.1 Å². The number of nitrogens with zero attached hydrogens (tertiary/aromatic N) is 2. The summed E-state index contributed by atoms with van der Waals surface area (Å²) in [6.07, 6.45) is 1.65. The van der Waals surface area contributed by atoms with Gasteiger partial charge in [0.1, 0.15) is 11.8 Å². The third kappa shape index (κ3) is 3.04. The number of hydrogen-bond acceptors (Lipinski definition) is 3. The van der Waals surface area contributed by atoms with E-state index >= 15 is 0 Å². The molecule has 4 heteroatoms. The molecule has 0 bridgehead atoms. The zero-order chi connectivity index (χ0) is 12.1. The Kier molecular flexibility index (Phi) is 3.73. The molecule has 86 valence electrons. The number of benzene rings is 1. The van der Waals surface area contributed by atoms with E-state index in [2.05, 4.69) is 16.5 Å². The van der Waals surface area contributed by atoms with Gasteiger partial charge in [0, 0.05) is 11.6 Å². The predicted molar refractivity (Wildman–Crippen MR) is 68.2 cm³/mol. The van der Waals surface area contributed by atoms with Crippen molar-refractivity contribution in [2.24, 2.45) is 0 Å².